The van der Waals surface area contributed by atoms with Gasteiger partial charge in [0.1, 0.15) is 0 Å². The summed E-state index contributed by atoms with van der Waals surface area (Å²) in [6.45, 7) is 0. The lowest BCUT2D eigenvalue weighted by atomic mass is 10.1. The number of halogens is 5. The maximum atomic E-state index is 13.0. The number of aliphatic carboxylic acids is 1. The fraction of sp³-hybridized carbons (Fsp3) is 0.222. The lowest BCUT2D eigenvalue weighted by Crippen LogP contribution is -2.10. The zero-order valence-corrected chi connectivity index (χ0v) is 8.36. The minimum Gasteiger partial charge on any atom is -0.481 e. The molecule has 7 heteroatoms. The van der Waals surface area contributed by atoms with E-state index in [1.165, 1.54) is 0 Å². The van der Waals surface area contributed by atoms with Gasteiger partial charge in [0.15, 0.2) is 5.82 Å². The van der Waals surface area contributed by atoms with Gasteiger partial charge in [-0.1, -0.05) is 11.6 Å². The van der Waals surface area contributed by atoms with E-state index < -0.39 is 35.0 Å². The van der Waals surface area contributed by atoms with E-state index in [0.717, 1.165) is 6.07 Å². The Balaban J connectivity index is 3.28. The van der Waals surface area contributed by atoms with Crippen LogP contribution < -0.4 is 0 Å². The number of hydrogen-bond acceptors (Lipinski definition) is 1. The van der Waals surface area contributed by atoms with Crippen molar-refractivity contribution in [2.24, 2.45) is 0 Å². The second-order valence-corrected chi connectivity index (χ2v) is 3.41. The maximum Gasteiger partial charge on any atom is 0.419 e. The molecule has 0 aliphatic heterocycles. The van der Waals surface area contributed by atoms with Gasteiger partial charge in [0.05, 0.1) is 17.0 Å². The SMILES string of the molecule is O=C(O)Cc1cc(Cl)c(F)c(C(F)(F)F)c1. The van der Waals surface area contributed by atoms with Crippen LogP contribution in [0.15, 0.2) is 12.1 Å². The third-order valence-electron chi connectivity index (χ3n) is 1.75. The molecule has 0 aliphatic carbocycles. The normalized spacial score (nSPS) is 11.6. The third-order valence-corrected chi connectivity index (χ3v) is 2.02. The molecule has 1 aromatic carbocycles. The topological polar surface area (TPSA) is 37.3 Å². The van der Waals surface area contributed by atoms with E-state index in [-0.39, 0.29) is 5.56 Å². The van der Waals surface area contributed by atoms with Crippen molar-refractivity contribution in [1.82, 2.24) is 0 Å². The molecule has 0 aromatic heterocycles. The molecule has 0 spiro atoms. The molecule has 16 heavy (non-hydrogen) atoms. The van der Waals surface area contributed by atoms with E-state index in [1.807, 2.05) is 0 Å². The number of carboxylic acid groups (broad SMARTS) is 1. The van der Waals surface area contributed by atoms with Gasteiger partial charge in [-0.25, -0.2) is 4.39 Å². The van der Waals surface area contributed by atoms with E-state index in [0.29, 0.717) is 6.07 Å². The first kappa shape index (κ1) is 12.8. The number of rotatable bonds is 2. The van der Waals surface area contributed by atoms with Gasteiger partial charge in [-0.2, -0.15) is 13.2 Å². The number of carbonyl (C=O) groups is 1. The van der Waals surface area contributed by atoms with Gasteiger partial charge in [0, 0.05) is 0 Å². The van der Waals surface area contributed by atoms with Crippen molar-refractivity contribution in [3.8, 4) is 0 Å². The van der Waals surface area contributed by atoms with Crippen LogP contribution in [-0.2, 0) is 17.4 Å². The molecule has 88 valence electrons. The molecule has 0 bridgehead atoms. The van der Waals surface area contributed by atoms with Crippen molar-refractivity contribution in [2.75, 3.05) is 0 Å². The molecule has 0 saturated carbocycles. The second kappa shape index (κ2) is 4.29. The quantitative estimate of drug-likeness (QED) is 0.826. The van der Waals surface area contributed by atoms with Crippen LogP contribution in [-0.4, -0.2) is 11.1 Å². The molecule has 0 radical (unpaired) electrons. The summed E-state index contributed by atoms with van der Waals surface area (Å²) >= 11 is 5.24. The molecule has 0 aliphatic rings. The molecule has 1 N–H and O–H groups in total. The van der Waals surface area contributed by atoms with Gasteiger partial charge in [-0.15, -0.1) is 0 Å². The van der Waals surface area contributed by atoms with Crippen LogP contribution in [0.3, 0.4) is 0 Å². The van der Waals surface area contributed by atoms with E-state index >= 15 is 0 Å². The minimum absolute atomic E-state index is 0.203. The van der Waals surface area contributed by atoms with Gasteiger partial charge >= 0.3 is 12.1 Å². The molecular formula is C9H5ClF4O2. The maximum absolute atomic E-state index is 13.0. The Hall–Kier alpha value is -1.30. The lowest BCUT2D eigenvalue weighted by molar-refractivity contribution is -0.140. The summed E-state index contributed by atoms with van der Waals surface area (Å²) in [4.78, 5) is 10.3. The van der Waals surface area contributed by atoms with E-state index in [9.17, 15) is 22.4 Å². The fourth-order valence-corrected chi connectivity index (χ4v) is 1.37. The van der Waals surface area contributed by atoms with Crippen molar-refractivity contribution in [3.05, 3.63) is 34.1 Å². The van der Waals surface area contributed by atoms with Crippen LogP contribution in [0.5, 0.6) is 0 Å². The standard InChI is InChI=1S/C9H5ClF4O2/c10-6-2-4(3-7(15)16)1-5(8(6)11)9(12,13)14/h1-2H,3H2,(H,15,16). The first-order valence-corrected chi connectivity index (χ1v) is 4.36. The summed E-state index contributed by atoms with van der Waals surface area (Å²) in [5.41, 5.74) is -1.76. The highest BCUT2D eigenvalue weighted by molar-refractivity contribution is 6.30. The minimum atomic E-state index is -4.90. The van der Waals surface area contributed by atoms with Crippen LogP contribution in [0.25, 0.3) is 0 Å². The number of benzene rings is 1. The largest absolute Gasteiger partial charge is 0.481 e. The monoisotopic (exact) mass is 256 g/mol. The molecule has 2 nitrogen and oxygen atoms in total. The van der Waals surface area contributed by atoms with Crippen molar-refractivity contribution in [1.29, 1.82) is 0 Å². The van der Waals surface area contributed by atoms with Crippen LogP contribution in [0, 0.1) is 5.82 Å². The molecule has 0 unspecified atom stereocenters. The summed E-state index contributed by atoms with van der Waals surface area (Å²) < 4.78 is 49.9. The van der Waals surface area contributed by atoms with Crippen molar-refractivity contribution < 1.29 is 27.5 Å². The van der Waals surface area contributed by atoms with Crippen LogP contribution in [0.1, 0.15) is 11.1 Å². The summed E-state index contributed by atoms with van der Waals surface area (Å²) in [5, 5.41) is 7.66. The predicted octanol–water partition coefficient (Wildman–Crippen LogP) is 3.13. The van der Waals surface area contributed by atoms with E-state index in [4.69, 9.17) is 16.7 Å². The Bertz CT molecular complexity index is 428. The highest BCUT2D eigenvalue weighted by atomic mass is 35.5. The fourth-order valence-electron chi connectivity index (χ4n) is 1.13. The highest BCUT2D eigenvalue weighted by Crippen LogP contribution is 2.35. The molecule has 0 amide bonds. The van der Waals surface area contributed by atoms with Crippen molar-refractivity contribution in [2.45, 2.75) is 12.6 Å². The Labute approximate surface area is 92.4 Å². The molecule has 0 fully saturated rings. The Morgan fingerprint density at radius 1 is 1.38 bits per heavy atom. The van der Waals surface area contributed by atoms with Crippen LogP contribution in [0.2, 0.25) is 5.02 Å². The lowest BCUT2D eigenvalue weighted by Gasteiger charge is -2.10. The smallest absolute Gasteiger partial charge is 0.419 e. The van der Waals surface area contributed by atoms with Gasteiger partial charge in [0.2, 0.25) is 0 Å². The molecular weight excluding hydrogens is 252 g/mol. The summed E-state index contributed by atoms with van der Waals surface area (Å²) in [6, 6.07) is 1.30. The average molecular weight is 257 g/mol. The first-order valence-electron chi connectivity index (χ1n) is 3.98. The Morgan fingerprint density at radius 2 is 1.94 bits per heavy atom. The summed E-state index contributed by atoms with van der Waals surface area (Å²) in [6.07, 6.45) is -5.55. The molecule has 0 saturated heterocycles. The average Bonchev–Trinajstić information content (AvgIpc) is 2.08. The van der Waals surface area contributed by atoms with Gasteiger partial charge in [-0.3, -0.25) is 4.79 Å². The summed E-state index contributed by atoms with van der Waals surface area (Å²) in [5.74, 6) is -2.92. The van der Waals surface area contributed by atoms with Crippen molar-refractivity contribution >= 4 is 17.6 Å². The second-order valence-electron chi connectivity index (χ2n) is 3.01. The third kappa shape index (κ3) is 2.85. The zero-order chi connectivity index (χ0) is 12.5. The Morgan fingerprint density at radius 3 is 2.38 bits per heavy atom. The van der Waals surface area contributed by atoms with Crippen LogP contribution >= 0.6 is 11.6 Å². The van der Waals surface area contributed by atoms with Gasteiger partial charge in [0.25, 0.3) is 0 Å². The molecule has 1 aromatic rings. The number of carboxylic acids is 1. The molecule has 0 heterocycles. The molecule has 0 atom stereocenters. The highest BCUT2D eigenvalue weighted by Gasteiger charge is 2.35. The first-order chi connectivity index (χ1) is 7.21. The van der Waals surface area contributed by atoms with Crippen molar-refractivity contribution in [3.63, 3.8) is 0 Å². The predicted molar refractivity (Wildman–Crippen MR) is 47.8 cm³/mol. The zero-order valence-electron chi connectivity index (χ0n) is 7.61. The summed E-state index contributed by atoms with van der Waals surface area (Å²) in [7, 11) is 0. The van der Waals surface area contributed by atoms with E-state index in [1.54, 1.807) is 0 Å². The van der Waals surface area contributed by atoms with Gasteiger partial charge < -0.3 is 5.11 Å². The molecule has 1 rings (SSSR count). The van der Waals surface area contributed by atoms with Gasteiger partial charge in [-0.05, 0) is 17.7 Å². The number of alkyl halides is 3. The Kier molecular flexibility index (Phi) is 3.42. The van der Waals surface area contributed by atoms with E-state index in [2.05, 4.69) is 0 Å². The van der Waals surface area contributed by atoms with Crippen LogP contribution in [0.4, 0.5) is 17.6 Å². The number of hydrogen-bond donors (Lipinski definition) is 1.